The lowest BCUT2D eigenvalue weighted by molar-refractivity contribution is -0.0241. The van der Waals surface area contributed by atoms with Crippen molar-refractivity contribution >= 4 is 17.6 Å². The summed E-state index contributed by atoms with van der Waals surface area (Å²) in [4.78, 5) is 29.7. The van der Waals surface area contributed by atoms with Crippen molar-refractivity contribution in [1.82, 2.24) is 19.7 Å². The van der Waals surface area contributed by atoms with Crippen LogP contribution in [0.4, 0.5) is 13.6 Å². The fourth-order valence-corrected chi connectivity index (χ4v) is 3.96. The van der Waals surface area contributed by atoms with Gasteiger partial charge in [0.25, 0.3) is 5.91 Å². The molecule has 0 saturated carbocycles. The first kappa shape index (κ1) is 22.6. The molecule has 174 valence electrons. The predicted molar refractivity (Wildman–Crippen MR) is 114 cm³/mol. The summed E-state index contributed by atoms with van der Waals surface area (Å²) in [5.41, 5.74) is 3.27. The highest BCUT2D eigenvalue weighted by molar-refractivity contribution is 5.94. The lowest BCUT2D eigenvalue weighted by Crippen LogP contribution is -2.46. The molecular weight excluding hydrogens is 436 g/mol. The number of ether oxygens (including phenoxy) is 2. The van der Waals surface area contributed by atoms with E-state index in [0.717, 1.165) is 17.7 Å². The number of rotatable bonds is 4. The van der Waals surface area contributed by atoms with Crippen molar-refractivity contribution in [3.05, 3.63) is 58.9 Å². The maximum atomic E-state index is 15.1. The number of hydrazine groups is 1. The molecule has 1 aliphatic heterocycles. The predicted octanol–water partition coefficient (Wildman–Crippen LogP) is 2.20. The Balaban J connectivity index is 1.79. The number of pyridine rings is 1. The normalized spacial score (nSPS) is 16.2. The number of nitrogen functional groups attached to an aromatic ring is 1. The van der Waals surface area contributed by atoms with Crippen LogP contribution < -0.4 is 11.3 Å². The number of aryl methyl sites for hydroxylation is 1. The van der Waals surface area contributed by atoms with Gasteiger partial charge in [-0.05, 0) is 36.8 Å². The molecule has 1 fully saturated rings. The van der Waals surface area contributed by atoms with Gasteiger partial charge in [0.1, 0.15) is 17.3 Å². The summed E-state index contributed by atoms with van der Waals surface area (Å²) < 4.78 is 42.5. The van der Waals surface area contributed by atoms with Crippen LogP contribution >= 0.6 is 0 Å². The minimum Gasteiger partial charge on any atom is -0.453 e. The van der Waals surface area contributed by atoms with Gasteiger partial charge in [0.2, 0.25) is 0 Å². The van der Waals surface area contributed by atoms with Gasteiger partial charge in [-0.2, -0.15) is 0 Å². The molecule has 3 heterocycles. The zero-order chi connectivity index (χ0) is 23.7. The van der Waals surface area contributed by atoms with Crippen LogP contribution in [-0.2, 0) is 15.9 Å². The van der Waals surface area contributed by atoms with E-state index in [2.05, 4.69) is 4.98 Å². The van der Waals surface area contributed by atoms with E-state index in [0.29, 0.717) is 24.5 Å². The monoisotopic (exact) mass is 459 g/mol. The van der Waals surface area contributed by atoms with E-state index in [4.69, 9.17) is 15.3 Å². The Labute approximate surface area is 188 Å². The molecule has 11 heteroatoms. The van der Waals surface area contributed by atoms with Gasteiger partial charge in [0, 0.05) is 24.7 Å². The van der Waals surface area contributed by atoms with Gasteiger partial charge in [-0.1, -0.05) is 0 Å². The third kappa shape index (κ3) is 4.37. The number of nitrogens with one attached hydrogen (secondary N) is 1. The number of morpholine rings is 1. The van der Waals surface area contributed by atoms with E-state index in [9.17, 15) is 9.59 Å². The maximum Gasteiger partial charge on any atom is 0.409 e. The molecule has 0 bridgehead atoms. The first-order chi connectivity index (χ1) is 15.8. The second-order valence-corrected chi connectivity index (χ2v) is 7.74. The van der Waals surface area contributed by atoms with Crippen LogP contribution in [0, 0.1) is 18.6 Å². The van der Waals surface area contributed by atoms with Gasteiger partial charge in [-0.3, -0.25) is 10.2 Å². The standard InChI is InChI=1S/C22H23F2N5O4/c1-12-3-4-29-17(10-14-11-28(5-6-33-14)22(31)32-2)20(26-18(29)7-12)19-15(23)8-13(9-16(19)24)21(30)27-25/h3-4,7-9,14H,5-6,10-11,25H2,1-2H3,(H,27,30). The van der Waals surface area contributed by atoms with Crippen LogP contribution in [0.1, 0.15) is 21.6 Å². The average Bonchev–Trinajstić information content (AvgIpc) is 3.14. The highest BCUT2D eigenvalue weighted by atomic mass is 19.1. The van der Waals surface area contributed by atoms with Crippen LogP contribution in [0.3, 0.4) is 0 Å². The van der Waals surface area contributed by atoms with Crippen molar-refractivity contribution in [3.63, 3.8) is 0 Å². The number of fused-ring (bicyclic) bond motifs is 1. The van der Waals surface area contributed by atoms with Crippen LogP contribution in [0.5, 0.6) is 0 Å². The summed E-state index contributed by atoms with van der Waals surface area (Å²) in [6.45, 7) is 2.83. The quantitative estimate of drug-likeness (QED) is 0.352. The lowest BCUT2D eigenvalue weighted by atomic mass is 10.0. The van der Waals surface area contributed by atoms with E-state index in [1.807, 2.05) is 18.4 Å². The molecule has 4 rings (SSSR count). The van der Waals surface area contributed by atoms with E-state index in [1.54, 1.807) is 16.7 Å². The van der Waals surface area contributed by atoms with Crippen LogP contribution in [-0.4, -0.2) is 59.2 Å². The molecule has 2 aromatic heterocycles. The fraction of sp³-hybridized carbons (Fsp3) is 0.318. The van der Waals surface area contributed by atoms with E-state index in [-0.39, 0.29) is 29.8 Å². The van der Waals surface area contributed by atoms with Crippen molar-refractivity contribution in [2.45, 2.75) is 19.4 Å². The number of imidazole rings is 1. The molecule has 1 unspecified atom stereocenters. The van der Waals surface area contributed by atoms with Gasteiger partial charge < -0.3 is 18.8 Å². The van der Waals surface area contributed by atoms with Crippen LogP contribution in [0.25, 0.3) is 16.9 Å². The Morgan fingerprint density at radius 2 is 2.03 bits per heavy atom. The molecule has 3 aromatic rings. The number of aromatic nitrogens is 2. The number of halogens is 2. The van der Waals surface area contributed by atoms with Gasteiger partial charge >= 0.3 is 6.09 Å². The molecule has 33 heavy (non-hydrogen) atoms. The smallest absolute Gasteiger partial charge is 0.409 e. The van der Waals surface area contributed by atoms with Gasteiger partial charge in [-0.15, -0.1) is 0 Å². The SMILES string of the molecule is COC(=O)N1CCOC(Cc2c(-c3c(F)cc(C(=O)NN)cc3F)nc3cc(C)ccn23)C1. The summed E-state index contributed by atoms with van der Waals surface area (Å²) >= 11 is 0. The molecule has 9 nitrogen and oxygen atoms in total. The maximum absolute atomic E-state index is 15.1. The number of carbonyl (C=O) groups excluding carboxylic acids is 2. The fourth-order valence-electron chi connectivity index (χ4n) is 3.96. The van der Waals surface area contributed by atoms with Crippen LogP contribution in [0.2, 0.25) is 0 Å². The molecule has 1 saturated heterocycles. The molecule has 1 aliphatic rings. The highest BCUT2D eigenvalue weighted by Crippen LogP contribution is 2.32. The summed E-state index contributed by atoms with van der Waals surface area (Å²) in [6.07, 6.45) is 1.09. The number of nitrogens with two attached hydrogens (primary N) is 1. The Hall–Kier alpha value is -3.57. The van der Waals surface area contributed by atoms with E-state index in [1.165, 1.54) is 12.0 Å². The largest absolute Gasteiger partial charge is 0.453 e. The average molecular weight is 459 g/mol. The lowest BCUT2D eigenvalue weighted by Gasteiger charge is -2.32. The zero-order valence-corrected chi connectivity index (χ0v) is 18.1. The molecule has 2 amide bonds. The van der Waals surface area contributed by atoms with Crippen molar-refractivity contribution in [1.29, 1.82) is 0 Å². The molecule has 0 spiro atoms. The van der Waals surface area contributed by atoms with Crippen molar-refractivity contribution < 1.29 is 27.8 Å². The number of nitrogens with zero attached hydrogens (tertiary/aromatic N) is 3. The zero-order valence-electron chi connectivity index (χ0n) is 18.1. The summed E-state index contributed by atoms with van der Waals surface area (Å²) in [7, 11) is 1.30. The highest BCUT2D eigenvalue weighted by Gasteiger charge is 2.29. The first-order valence-electron chi connectivity index (χ1n) is 10.2. The number of carbonyl (C=O) groups is 2. The summed E-state index contributed by atoms with van der Waals surface area (Å²) in [5.74, 6) is 2.37. The topological polar surface area (TPSA) is 111 Å². The molecule has 0 aliphatic carbocycles. The van der Waals surface area contributed by atoms with E-state index >= 15 is 8.78 Å². The number of amides is 2. The van der Waals surface area contributed by atoms with Crippen molar-refractivity contribution in [2.75, 3.05) is 26.8 Å². The third-order valence-corrected chi connectivity index (χ3v) is 5.55. The third-order valence-electron chi connectivity index (χ3n) is 5.55. The first-order valence-corrected chi connectivity index (χ1v) is 10.2. The van der Waals surface area contributed by atoms with Gasteiger partial charge in [0.15, 0.2) is 0 Å². The number of hydrogen-bond donors (Lipinski definition) is 2. The number of methoxy groups -OCH3 is 1. The molecule has 1 atom stereocenters. The Kier molecular flexibility index (Phi) is 6.25. The molecular formula is C22H23F2N5O4. The van der Waals surface area contributed by atoms with Crippen molar-refractivity contribution in [2.24, 2.45) is 5.84 Å². The molecule has 3 N–H and O–H groups in total. The van der Waals surface area contributed by atoms with Gasteiger partial charge in [-0.25, -0.2) is 24.4 Å². The summed E-state index contributed by atoms with van der Waals surface area (Å²) in [6, 6.07) is 5.47. The minimum atomic E-state index is -0.948. The Morgan fingerprint density at radius 3 is 2.70 bits per heavy atom. The van der Waals surface area contributed by atoms with Crippen LogP contribution in [0.15, 0.2) is 30.5 Å². The minimum absolute atomic E-state index is 0.0918. The second-order valence-electron chi connectivity index (χ2n) is 7.74. The van der Waals surface area contributed by atoms with Crippen molar-refractivity contribution in [3.8, 4) is 11.3 Å². The Morgan fingerprint density at radius 1 is 1.30 bits per heavy atom. The molecule has 0 radical (unpaired) electrons. The number of hydrogen-bond acceptors (Lipinski definition) is 6. The van der Waals surface area contributed by atoms with Gasteiger partial charge in [0.05, 0.1) is 43.3 Å². The second kappa shape index (κ2) is 9.12. The Bertz CT molecular complexity index is 1210. The summed E-state index contributed by atoms with van der Waals surface area (Å²) in [5, 5.41) is 0. The molecule has 1 aromatic carbocycles. The number of benzene rings is 1. The van der Waals surface area contributed by atoms with E-state index < -0.39 is 29.7 Å².